The van der Waals surface area contributed by atoms with E-state index in [-0.39, 0.29) is 24.3 Å². The summed E-state index contributed by atoms with van der Waals surface area (Å²) in [6, 6.07) is 17.4. The first-order valence-corrected chi connectivity index (χ1v) is 10.7. The minimum atomic E-state index is -0.629. The Morgan fingerprint density at radius 3 is 2.58 bits per heavy atom. The van der Waals surface area contributed by atoms with Crippen molar-refractivity contribution in [2.75, 3.05) is 0 Å². The molecule has 2 aromatic rings. The van der Waals surface area contributed by atoms with E-state index in [1.165, 1.54) is 0 Å². The van der Waals surface area contributed by atoms with Gasteiger partial charge in [0.05, 0.1) is 6.04 Å². The molecule has 3 N–H and O–H groups in total. The molecule has 31 heavy (non-hydrogen) atoms. The van der Waals surface area contributed by atoms with Crippen LogP contribution in [0.2, 0.25) is 0 Å². The van der Waals surface area contributed by atoms with Crippen molar-refractivity contribution in [3.05, 3.63) is 83.4 Å². The Labute approximate surface area is 183 Å². The molecule has 1 aliphatic heterocycles. The number of amides is 2. The van der Waals surface area contributed by atoms with Gasteiger partial charge >= 0.3 is 0 Å². The van der Waals surface area contributed by atoms with Gasteiger partial charge in [0.15, 0.2) is 0 Å². The molecular weight excluding hydrogens is 386 g/mol. The molecule has 0 aromatic heterocycles. The third kappa shape index (κ3) is 4.78. The van der Waals surface area contributed by atoms with Gasteiger partial charge in [-0.1, -0.05) is 72.8 Å². The van der Waals surface area contributed by atoms with Gasteiger partial charge in [-0.05, 0) is 42.5 Å². The van der Waals surface area contributed by atoms with Crippen LogP contribution in [-0.2, 0) is 16.1 Å². The molecule has 0 radical (unpaired) electrons. The number of hydrogen-bond donors (Lipinski definition) is 2. The molecule has 5 heteroatoms. The maximum absolute atomic E-state index is 13.6. The van der Waals surface area contributed by atoms with Gasteiger partial charge < -0.3 is 16.0 Å². The van der Waals surface area contributed by atoms with Gasteiger partial charge in [-0.15, -0.1) is 0 Å². The summed E-state index contributed by atoms with van der Waals surface area (Å²) in [5, 5.41) is 2.94. The van der Waals surface area contributed by atoms with Gasteiger partial charge in [0.2, 0.25) is 11.8 Å². The Hall–Kier alpha value is -3.18. The van der Waals surface area contributed by atoms with Crippen LogP contribution in [0.4, 0.5) is 0 Å². The van der Waals surface area contributed by atoms with E-state index in [1.54, 1.807) is 0 Å². The topological polar surface area (TPSA) is 75.4 Å². The predicted octanol–water partition coefficient (Wildman–Crippen LogP) is 3.51. The van der Waals surface area contributed by atoms with Crippen LogP contribution in [0, 0.1) is 0 Å². The Morgan fingerprint density at radius 1 is 1.13 bits per heavy atom. The van der Waals surface area contributed by atoms with Gasteiger partial charge in [-0.25, -0.2) is 0 Å². The largest absolute Gasteiger partial charge is 0.344 e. The van der Waals surface area contributed by atoms with E-state index in [0.29, 0.717) is 13.0 Å². The zero-order valence-electron chi connectivity index (χ0n) is 18.0. The lowest BCUT2D eigenvalue weighted by atomic mass is 9.88. The highest BCUT2D eigenvalue weighted by Crippen LogP contribution is 2.35. The lowest BCUT2D eigenvalue weighted by molar-refractivity contribution is -0.137. The number of nitrogens with two attached hydrogens (primary N) is 1. The molecule has 1 aliphatic carbocycles. The predicted molar refractivity (Wildman–Crippen MR) is 124 cm³/mol. The molecule has 1 heterocycles. The minimum Gasteiger partial charge on any atom is -0.344 e. The van der Waals surface area contributed by atoms with E-state index in [1.807, 2.05) is 61.2 Å². The molecule has 0 spiro atoms. The summed E-state index contributed by atoms with van der Waals surface area (Å²) in [5.74, 6) is -0.281. The number of nitrogens with zero attached hydrogens (tertiary/aromatic N) is 1. The normalized spacial score (nSPS) is 20.4. The van der Waals surface area contributed by atoms with Crippen molar-refractivity contribution in [2.45, 2.75) is 50.9 Å². The third-order valence-electron chi connectivity index (χ3n) is 5.69. The van der Waals surface area contributed by atoms with Gasteiger partial charge in [0, 0.05) is 18.5 Å². The highest BCUT2D eigenvalue weighted by Gasteiger charge is 2.36. The fourth-order valence-corrected chi connectivity index (χ4v) is 4.28. The zero-order valence-corrected chi connectivity index (χ0v) is 18.0. The lowest BCUT2D eigenvalue weighted by Crippen LogP contribution is -2.51. The molecule has 4 rings (SSSR count). The fraction of sp³-hybridized carbons (Fsp3) is 0.308. The van der Waals surface area contributed by atoms with Gasteiger partial charge in [0.1, 0.15) is 6.04 Å². The number of rotatable bonds is 5. The molecule has 2 aliphatic rings. The number of benzene rings is 2. The summed E-state index contributed by atoms with van der Waals surface area (Å²) in [6.45, 7) is 4.09. The van der Waals surface area contributed by atoms with Crippen molar-refractivity contribution in [3.8, 4) is 0 Å². The molecule has 0 fully saturated rings. The van der Waals surface area contributed by atoms with Gasteiger partial charge in [-0.2, -0.15) is 0 Å². The number of hydrogen-bond acceptors (Lipinski definition) is 3. The van der Waals surface area contributed by atoms with E-state index >= 15 is 0 Å². The molecule has 0 saturated heterocycles. The third-order valence-corrected chi connectivity index (χ3v) is 5.69. The lowest BCUT2D eigenvalue weighted by Gasteiger charge is -2.34. The van der Waals surface area contributed by atoms with Gasteiger partial charge in [0.25, 0.3) is 0 Å². The molecule has 2 unspecified atom stereocenters. The summed E-state index contributed by atoms with van der Waals surface area (Å²) in [7, 11) is 0. The van der Waals surface area contributed by atoms with Crippen LogP contribution in [0.3, 0.4) is 0 Å². The monoisotopic (exact) mass is 415 g/mol. The first-order valence-electron chi connectivity index (χ1n) is 10.7. The van der Waals surface area contributed by atoms with Gasteiger partial charge in [-0.3, -0.25) is 9.59 Å². The van der Waals surface area contributed by atoms with E-state index in [2.05, 4.69) is 35.7 Å². The highest BCUT2D eigenvalue weighted by atomic mass is 16.2. The van der Waals surface area contributed by atoms with Crippen LogP contribution in [0.5, 0.6) is 0 Å². The summed E-state index contributed by atoms with van der Waals surface area (Å²) < 4.78 is 0. The van der Waals surface area contributed by atoms with Crippen LogP contribution < -0.4 is 11.1 Å². The van der Waals surface area contributed by atoms with E-state index in [4.69, 9.17) is 5.73 Å². The maximum Gasteiger partial charge on any atom is 0.246 e. The fourth-order valence-electron chi connectivity index (χ4n) is 4.28. The first kappa shape index (κ1) is 21.1. The number of carbonyl (C=O) groups is 2. The molecule has 2 atom stereocenters. The average Bonchev–Trinajstić information content (AvgIpc) is 2.85. The van der Waals surface area contributed by atoms with Crippen LogP contribution in [0.25, 0.3) is 11.6 Å². The Bertz CT molecular complexity index is 1030. The van der Waals surface area contributed by atoms with Crippen molar-refractivity contribution < 1.29 is 9.59 Å². The van der Waals surface area contributed by atoms with Crippen LogP contribution in [0.15, 0.2) is 66.7 Å². The zero-order chi connectivity index (χ0) is 22.0. The summed E-state index contributed by atoms with van der Waals surface area (Å²) in [6.07, 6.45) is 6.89. The summed E-state index contributed by atoms with van der Waals surface area (Å²) in [4.78, 5) is 28.1. The Morgan fingerprint density at radius 2 is 1.84 bits per heavy atom. The molecular formula is C26H29N3O2. The quantitative estimate of drug-likeness (QED) is 0.785. The van der Waals surface area contributed by atoms with Crippen molar-refractivity contribution in [2.24, 2.45) is 5.73 Å². The molecule has 160 valence electrons. The number of fused-ring (bicyclic) bond motifs is 3. The molecule has 2 aromatic carbocycles. The second-order valence-corrected chi connectivity index (χ2v) is 9.02. The number of nitrogens with one attached hydrogen (secondary N) is 1. The van der Waals surface area contributed by atoms with Crippen molar-refractivity contribution in [1.82, 2.24) is 10.2 Å². The molecule has 5 nitrogen and oxygen atoms in total. The van der Waals surface area contributed by atoms with Crippen molar-refractivity contribution in [1.29, 1.82) is 0 Å². The first-order chi connectivity index (χ1) is 14.8. The van der Waals surface area contributed by atoms with Crippen molar-refractivity contribution >= 4 is 23.5 Å². The molecule has 2 amide bonds. The SMILES string of the molecule is CC(C)(N)CC(=O)NC1CC=C2c3ccccc3C=CC2N(Cc2ccccc2)C1=O. The Kier molecular flexibility index (Phi) is 5.79. The minimum absolute atomic E-state index is 0.0766. The molecule has 0 bridgehead atoms. The Balaban J connectivity index is 1.68. The second kappa shape index (κ2) is 8.52. The van der Waals surface area contributed by atoms with E-state index in [9.17, 15) is 9.59 Å². The highest BCUT2D eigenvalue weighted by molar-refractivity contribution is 5.93. The van der Waals surface area contributed by atoms with E-state index in [0.717, 1.165) is 22.3 Å². The van der Waals surface area contributed by atoms with Crippen LogP contribution in [0.1, 0.15) is 43.4 Å². The summed E-state index contributed by atoms with van der Waals surface area (Å²) in [5.41, 5.74) is 9.82. The second-order valence-electron chi connectivity index (χ2n) is 9.02. The van der Waals surface area contributed by atoms with E-state index < -0.39 is 11.6 Å². The maximum atomic E-state index is 13.6. The number of carbonyl (C=O) groups excluding carboxylic acids is 2. The van der Waals surface area contributed by atoms with Crippen LogP contribution >= 0.6 is 0 Å². The average molecular weight is 416 g/mol. The standard InChI is InChI=1S/C26H29N3O2/c1-26(2,27)16-24(30)28-22-14-13-21-20-11-7-6-10-19(20)12-15-23(21)29(25(22)31)17-18-8-4-3-5-9-18/h3-13,15,22-23H,14,16-17,27H2,1-2H3,(H,28,30). The van der Waals surface area contributed by atoms with Crippen molar-refractivity contribution in [3.63, 3.8) is 0 Å². The smallest absolute Gasteiger partial charge is 0.246 e. The van der Waals surface area contributed by atoms with Crippen LogP contribution in [-0.4, -0.2) is 34.3 Å². The molecule has 0 saturated carbocycles. The summed E-state index contributed by atoms with van der Waals surface area (Å²) >= 11 is 0.